The first kappa shape index (κ1) is 14.2. The number of rotatable bonds is 6. The quantitative estimate of drug-likeness (QED) is 0.819. The smallest absolute Gasteiger partial charge is 0.0455 e. The van der Waals surface area contributed by atoms with E-state index in [1.165, 1.54) is 5.56 Å². The summed E-state index contributed by atoms with van der Waals surface area (Å²) in [6.45, 7) is 11.0. The average molecular weight is 234 g/mol. The van der Waals surface area contributed by atoms with Crippen molar-refractivity contribution in [3.8, 4) is 0 Å². The number of hydrogen-bond acceptors (Lipinski definition) is 2. The van der Waals surface area contributed by atoms with E-state index in [0.717, 1.165) is 13.1 Å². The third-order valence-electron chi connectivity index (χ3n) is 3.47. The predicted molar refractivity (Wildman–Crippen MR) is 74.9 cm³/mol. The van der Waals surface area contributed by atoms with Crippen molar-refractivity contribution in [3.05, 3.63) is 35.9 Å². The van der Waals surface area contributed by atoms with Gasteiger partial charge in [0.05, 0.1) is 0 Å². The van der Waals surface area contributed by atoms with Gasteiger partial charge in [-0.25, -0.2) is 0 Å². The Morgan fingerprint density at radius 1 is 1.06 bits per heavy atom. The number of nitrogens with two attached hydrogens (primary N) is 1. The van der Waals surface area contributed by atoms with Gasteiger partial charge in [-0.05, 0) is 24.6 Å². The van der Waals surface area contributed by atoms with Crippen molar-refractivity contribution in [1.29, 1.82) is 0 Å². The molecule has 0 aliphatic carbocycles. The Labute approximate surface area is 106 Å². The highest BCUT2D eigenvalue weighted by atomic mass is 15.2. The van der Waals surface area contributed by atoms with Gasteiger partial charge >= 0.3 is 0 Å². The van der Waals surface area contributed by atoms with Crippen molar-refractivity contribution in [2.75, 3.05) is 13.1 Å². The van der Waals surface area contributed by atoms with Crippen molar-refractivity contribution in [1.82, 2.24) is 4.90 Å². The minimum atomic E-state index is 0.0936. The molecule has 1 aromatic carbocycles. The predicted octanol–water partition coefficient (Wildman–Crippen LogP) is 3.05. The fourth-order valence-corrected chi connectivity index (χ4v) is 2.58. The van der Waals surface area contributed by atoms with Gasteiger partial charge in [0.2, 0.25) is 0 Å². The Morgan fingerprint density at radius 3 is 2.00 bits per heavy atom. The van der Waals surface area contributed by atoms with Gasteiger partial charge in [0.15, 0.2) is 0 Å². The molecule has 17 heavy (non-hydrogen) atoms. The van der Waals surface area contributed by atoms with E-state index >= 15 is 0 Å². The summed E-state index contributed by atoms with van der Waals surface area (Å²) in [5.74, 6) is 0.560. The molecular weight excluding hydrogens is 208 g/mol. The molecule has 0 amide bonds. The minimum Gasteiger partial charge on any atom is -0.323 e. The highest BCUT2D eigenvalue weighted by molar-refractivity contribution is 5.20. The van der Waals surface area contributed by atoms with Crippen LogP contribution in [0.5, 0.6) is 0 Å². The maximum Gasteiger partial charge on any atom is 0.0455 e. The Morgan fingerprint density at radius 2 is 1.59 bits per heavy atom. The van der Waals surface area contributed by atoms with Crippen LogP contribution in [0.1, 0.15) is 39.3 Å². The molecule has 2 atom stereocenters. The van der Waals surface area contributed by atoms with Gasteiger partial charge in [-0.2, -0.15) is 0 Å². The molecular formula is C15H26N2. The van der Waals surface area contributed by atoms with Crippen molar-refractivity contribution >= 4 is 0 Å². The van der Waals surface area contributed by atoms with Crippen LogP contribution in [-0.4, -0.2) is 24.0 Å². The van der Waals surface area contributed by atoms with Gasteiger partial charge in [-0.1, -0.05) is 58.0 Å². The second-order valence-electron chi connectivity index (χ2n) is 4.89. The Kier molecular flexibility index (Phi) is 5.66. The third kappa shape index (κ3) is 3.55. The first-order valence-electron chi connectivity index (χ1n) is 6.66. The zero-order valence-electron chi connectivity index (χ0n) is 11.6. The molecule has 0 heterocycles. The fraction of sp³-hybridized carbons (Fsp3) is 0.600. The van der Waals surface area contributed by atoms with Gasteiger partial charge in [0, 0.05) is 12.1 Å². The molecule has 1 rings (SSSR count). The number of hydrogen-bond donors (Lipinski definition) is 1. The van der Waals surface area contributed by atoms with E-state index in [9.17, 15) is 0 Å². The van der Waals surface area contributed by atoms with Crippen molar-refractivity contribution in [2.45, 2.75) is 39.8 Å². The lowest BCUT2D eigenvalue weighted by atomic mass is 9.90. The van der Waals surface area contributed by atoms with E-state index in [1.807, 2.05) is 6.07 Å². The molecule has 0 fully saturated rings. The molecule has 0 radical (unpaired) electrons. The van der Waals surface area contributed by atoms with Crippen molar-refractivity contribution < 1.29 is 0 Å². The second kappa shape index (κ2) is 6.77. The summed E-state index contributed by atoms with van der Waals surface area (Å²) in [6.07, 6.45) is 0. The number of nitrogens with zero attached hydrogens (tertiary/aromatic N) is 1. The molecule has 0 saturated heterocycles. The van der Waals surface area contributed by atoms with Crippen LogP contribution in [0.4, 0.5) is 0 Å². The molecule has 1 aromatic rings. The summed E-state index contributed by atoms with van der Waals surface area (Å²) in [4.78, 5) is 2.46. The topological polar surface area (TPSA) is 29.3 Å². The highest BCUT2D eigenvalue weighted by Gasteiger charge is 2.26. The maximum atomic E-state index is 6.45. The van der Waals surface area contributed by atoms with Gasteiger partial charge < -0.3 is 5.73 Å². The standard InChI is InChI=1S/C15H26N2/c1-5-17(6-2)15(12(3)4)14(16)13-10-8-7-9-11-13/h7-12,14-15H,5-6,16H2,1-4H3. The van der Waals surface area contributed by atoms with Crippen LogP contribution in [0.2, 0.25) is 0 Å². The fourth-order valence-electron chi connectivity index (χ4n) is 2.58. The molecule has 2 nitrogen and oxygen atoms in total. The van der Waals surface area contributed by atoms with Crippen LogP contribution < -0.4 is 5.73 Å². The molecule has 0 aromatic heterocycles. The molecule has 96 valence electrons. The average Bonchev–Trinajstić information content (AvgIpc) is 2.35. The largest absolute Gasteiger partial charge is 0.323 e. The number of benzene rings is 1. The molecule has 0 saturated carbocycles. The Balaban J connectivity index is 2.91. The first-order chi connectivity index (χ1) is 8.11. The van der Waals surface area contributed by atoms with Crippen LogP contribution in [0.3, 0.4) is 0 Å². The lowest BCUT2D eigenvalue weighted by Crippen LogP contribution is -2.46. The van der Waals surface area contributed by atoms with Gasteiger partial charge in [0.25, 0.3) is 0 Å². The zero-order chi connectivity index (χ0) is 12.8. The highest BCUT2D eigenvalue weighted by Crippen LogP contribution is 2.24. The molecule has 0 spiro atoms. The second-order valence-corrected chi connectivity index (χ2v) is 4.89. The van der Waals surface area contributed by atoms with E-state index in [-0.39, 0.29) is 6.04 Å². The Bertz CT molecular complexity index is 304. The van der Waals surface area contributed by atoms with E-state index in [4.69, 9.17) is 5.73 Å². The SMILES string of the molecule is CCN(CC)C(C(C)C)C(N)c1ccccc1. The lowest BCUT2D eigenvalue weighted by Gasteiger charge is -2.37. The minimum absolute atomic E-state index is 0.0936. The summed E-state index contributed by atoms with van der Waals surface area (Å²) in [7, 11) is 0. The van der Waals surface area contributed by atoms with E-state index in [1.54, 1.807) is 0 Å². The van der Waals surface area contributed by atoms with E-state index < -0.39 is 0 Å². The Hall–Kier alpha value is -0.860. The molecule has 2 unspecified atom stereocenters. The van der Waals surface area contributed by atoms with Gasteiger partial charge in [0.1, 0.15) is 0 Å². The summed E-state index contributed by atoms with van der Waals surface area (Å²) >= 11 is 0. The van der Waals surface area contributed by atoms with Crippen LogP contribution in [0.25, 0.3) is 0 Å². The molecule has 2 heteroatoms. The van der Waals surface area contributed by atoms with Crippen LogP contribution in [0, 0.1) is 5.92 Å². The monoisotopic (exact) mass is 234 g/mol. The molecule has 0 aliphatic rings. The van der Waals surface area contributed by atoms with Crippen LogP contribution >= 0.6 is 0 Å². The molecule has 0 aliphatic heterocycles. The van der Waals surface area contributed by atoms with Crippen molar-refractivity contribution in [3.63, 3.8) is 0 Å². The van der Waals surface area contributed by atoms with E-state index in [0.29, 0.717) is 12.0 Å². The summed E-state index contributed by atoms with van der Waals surface area (Å²) in [5.41, 5.74) is 7.68. The maximum absolute atomic E-state index is 6.45. The van der Waals surface area contributed by atoms with Crippen LogP contribution in [0.15, 0.2) is 30.3 Å². The van der Waals surface area contributed by atoms with Gasteiger partial charge in [-0.15, -0.1) is 0 Å². The zero-order valence-corrected chi connectivity index (χ0v) is 11.6. The molecule has 0 bridgehead atoms. The van der Waals surface area contributed by atoms with Gasteiger partial charge in [-0.3, -0.25) is 4.90 Å². The number of likely N-dealkylation sites (N-methyl/N-ethyl adjacent to an activating group) is 1. The molecule has 2 N–H and O–H groups in total. The summed E-state index contributed by atoms with van der Waals surface area (Å²) < 4.78 is 0. The normalized spacial score (nSPS) is 15.2. The summed E-state index contributed by atoms with van der Waals surface area (Å²) in [5, 5.41) is 0. The summed E-state index contributed by atoms with van der Waals surface area (Å²) in [6, 6.07) is 10.9. The lowest BCUT2D eigenvalue weighted by molar-refractivity contribution is 0.144. The third-order valence-corrected chi connectivity index (χ3v) is 3.47. The van der Waals surface area contributed by atoms with Crippen molar-refractivity contribution in [2.24, 2.45) is 11.7 Å². The van der Waals surface area contributed by atoms with Crippen LogP contribution in [-0.2, 0) is 0 Å². The first-order valence-corrected chi connectivity index (χ1v) is 6.66. The van der Waals surface area contributed by atoms with E-state index in [2.05, 4.69) is 56.9 Å².